The molecule has 1 saturated heterocycles. The van der Waals surface area contributed by atoms with Crippen LogP contribution in [0.3, 0.4) is 0 Å². The minimum Gasteiger partial charge on any atom is -0.351 e. The number of piperazine rings is 1. The van der Waals surface area contributed by atoms with Gasteiger partial charge in [0.25, 0.3) is 0 Å². The third-order valence-corrected chi connectivity index (χ3v) is 4.70. The molecule has 5 nitrogen and oxygen atoms in total. The third-order valence-electron chi connectivity index (χ3n) is 4.70. The number of hydrogen-bond acceptors (Lipinski definition) is 4. The van der Waals surface area contributed by atoms with E-state index in [2.05, 4.69) is 34.2 Å². The van der Waals surface area contributed by atoms with E-state index in [0.29, 0.717) is 17.5 Å². The van der Waals surface area contributed by atoms with Gasteiger partial charge < -0.3 is 9.80 Å². The Bertz CT molecular complexity index is 900. The number of likely N-dealkylation sites (N-methyl/N-ethyl adjacent to an activating group) is 1. The number of hydrogen-bond donors (Lipinski definition) is 0. The number of anilines is 1. The fraction of sp³-hybridized carbons (Fsp3) is 0.421. The molecule has 2 heterocycles. The molecule has 0 saturated carbocycles. The first-order valence-corrected chi connectivity index (χ1v) is 8.56. The molecule has 25 heavy (non-hydrogen) atoms. The lowest BCUT2D eigenvalue weighted by molar-refractivity contribution is 0.311. The molecule has 0 bridgehead atoms. The van der Waals surface area contributed by atoms with Gasteiger partial charge in [-0.05, 0) is 25.6 Å². The standard InChI is InChI=1S/C19H24FN5/c1-5-9-25-16-8-7-15(20)14(6-2)17(16)22-19(18(25)21-3)24-12-10-23(4)11-13-24/h7-9H,1,6,10-13H2,2-4H3. The zero-order valence-electron chi connectivity index (χ0n) is 15.1. The van der Waals surface area contributed by atoms with Crippen molar-refractivity contribution < 1.29 is 4.39 Å². The lowest BCUT2D eigenvalue weighted by Gasteiger charge is -2.33. The van der Waals surface area contributed by atoms with E-state index in [-0.39, 0.29) is 5.82 Å². The Morgan fingerprint density at radius 1 is 1.32 bits per heavy atom. The molecule has 1 aliphatic heterocycles. The molecule has 0 N–H and O–H groups in total. The van der Waals surface area contributed by atoms with Crippen LogP contribution < -0.4 is 10.4 Å². The fourth-order valence-corrected chi connectivity index (χ4v) is 3.29. The lowest BCUT2D eigenvalue weighted by atomic mass is 10.1. The van der Waals surface area contributed by atoms with Gasteiger partial charge in [-0.25, -0.2) is 9.37 Å². The van der Waals surface area contributed by atoms with Crippen LogP contribution in [0.5, 0.6) is 0 Å². The summed E-state index contributed by atoms with van der Waals surface area (Å²) in [6.07, 6.45) is 2.32. The Morgan fingerprint density at radius 2 is 2.04 bits per heavy atom. The molecule has 132 valence electrons. The molecular formula is C19H24FN5. The molecule has 2 aromatic rings. The molecule has 0 atom stereocenters. The number of rotatable bonds is 3. The fourth-order valence-electron chi connectivity index (χ4n) is 3.29. The van der Waals surface area contributed by atoms with Crippen molar-refractivity contribution in [2.45, 2.75) is 13.3 Å². The summed E-state index contributed by atoms with van der Waals surface area (Å²) in [5.74, 6) is 0.567. The van der Waals surface area contributed by atoms with Gasteiger partial charge in [0.2, 0.25) is 0 Å². The lowest BCUT2D eigenvalue weighted by Crippen LogP contribution is -2.47. The second-order valence-electron chi connectivity index (χ2n) is 6.22. The molecule has 0 spiro atoms. The molecule has 1 aromatic heterocycles. The molecule has 1 fully saturated rings. The van der Waals surface area contributed by atoms with E-state index in [1.807, 2.05) is 11.5 Å². The SMILES string of the molecule is C=C=Cn1c(=NC)c(N2CCN(C)CC2)nc2c(CC)c(F)ccc21. The number of fused-ring (bicyclic) bond motifs is 1. The smallest absolute Gasteiger partial charge is 0.176 e. The van der Waals surface area contributed by atoms with Crippen molar-refractivity contribution in [2.24, 2.45) is 4.99 Å². The van der Waals surface area contributed by atoms with Crippen molar-refractivity contribution >= 4 is 23.1 Å². The van der Waals surface area contributed by atoms with Crippen LogP contribution in [0.4, 0.5) is 10.2 Å². The monoisotopic (exact) mass is 341 g/mol. The van der Waals surface area contributed by atoms with Crippen molar-refractivity contribution in [1.82, 2.24) is 14.5 Å². The van der Waals surface area contributed by atoms with Crippen LogP contribution in [0, 0.1) is 5.82 Å². The zero-order chi connectivity index (χ0) is 18.0. The van der Waals surface area contributed by atoms with Gasteiger partial charge in [-0.3, -0.25) is 9.56 Å². The van der Waals surface area contributed by atoms with E-state index in [4.69, 9.17) is 4.98 Å². The first-order valence-electron chi connectivity index (χ1n) is 8.56. The maximum absolute atomic E-state index is 14.3. The van der Waals surface area contributed by atoms with E-state index in [0.717, 1.165) is 43.0 Å². The molecule has 3 rings (SSSR count). The molecule has 0 aliphatic carbocycles. The Hall–Kier alpha value is -2.43. The normalized spacial score (nSPS) is 16.3. The molecule has 0 radical (unpaired) electrons. The van der Waals surface area contributed by atoms with Crippen LogP contribution in [0.25, 0.3) is 17.2 Å². The summed E-state index contributed by atoms with van der Waals surface area (Å²) in [6.45, 7) is 9.30. The van der Waals surface area contributed by atoms with Crippen molar-refractivity contribution in [3.8, 4) is 0 Å². The van der Waals surface area contributed by atoms with Crippen LogP contribution in [-0.4, -0.2) is 54.7 Å². The van der Waals surface area contributed by atoms with Gasteiger partial charge in [0, 0.05) is 38.8 Å². The molecule has 1 aromatic carbocycles. The third kappa shape index (κ3) is 3.11. The summed E-state index contributed by atoms with van der Waals surface area (Å²) >= 11 is 0. The van der Waals surface area contributed by atoms with Crippen LogP contribution in [0.1, 0.15) is 12.5 Å². The number of aryl methyl sites for hydroxylation is 1. The molecule has 0 unspecified atom stereocenters. The van der Waals surface area contributed by atoms with Gasteiger partial charge in [0.15, 0.2) is 11.3 Å². The average Bonchev–Trinajstić information content (AvgIpc) is 2.62. The number of nitrogens with zero attached hydrogens (tertiary/aromatic N) is 5. The van der Waals surface area contributed by atoms with Gasteiger partial charge in [-0.1, -0.05) is 13.5 Å². The number of aromatic nitrogens is 2. The second-order valence-corrected chi connectivity index (χ2v) is 6.22. The van der Waals surface area contributed by atoms with Gasteiger partial charge in [0.05, 0.1) is 17.2 Å². The molecular weight excluding hydrogens is 317 g/mol. The molecule has 1 aliphatic rings. The first-order chi connectivity index (χ1) is 12.1. The van der Waals surface area contributed by atoms with E-state index >= 15 is 0 Å². The first kappa shape index (κ1) is 17.4. The van der Waals surface area contributed by atoms with Crippen LogP contribution in [-0.2, 0) is 6.42 Å². The Labute approximate surface area is 147 Å². The van der Waals surface area contributed by atoms with Gasteiger partial charge in [0.1, 0.15) is 5.82 Å². The highest BCUT2D eigenvalue weighted by atomic mass is 19.1. The van der Waals surface area contributed by atoms with Gasteiger partial charge in [-0.2, -0.15) is 0 Å². The molecule has 6 heteroatoms. The van der Waals surface area contributed by atoms with Crippen LogP contribution >= 0.6 is 0 Å². The number of halogens is 1. The quantitative estimate of drug-likeness (QED) is 0.804. The highest BCUT2D eigenvalue weighted by Crippen LogP contribution is 2.22. The summed E-state index contributed by atoms with van der Waals surface area (Å²) in [6, 6.07) is 3.23. The summed E-state index contributed by atoms with van der Waals surface area (Å²) in [5, 5.41) is 0. The minimum atomic E-state index is -0.220. The van der Waals surface area contributed by atoms with Crippen molar-refractivity contribution in [3.05, 3.63) is 41.3 Å². The largest absolute Gasteiger partial charge is 0.351 e. The minimum absolute atomic E-state index is 0.220. The van der Waals surface area contributed by atoms with E-state index in [1.54, 1.807) is 19.3 Å². The Kier molecular flexibility index (Phi) is 5.02. The average molecular weight is 341 g/mol. The Balaban J connectivity index is 2.34. The number of benzene rings is 1. The van der Waals surface area contributed by atoms with E-state index in [9.17, 15) is 4.39 Å². The van der Waals surface area contributed by atoms with Crippen molar-refractivity contribution in [3.63, 3.8) is 0 Å². The molecule has 0 amide bonds. The highest BCUT2D eigenvalue weighted by molar-refractivity contribution is 5.82. The predicted octanol–water partition coefficient (Wildman–Crippen LogP) is 2.28. The summed E-state index contributed by atoms with van der Waals surface area (Å²) in [4.78, 5) is 13.8. The Morgan fingerprint density at radius 3 is 2.64 bits per heavy atom. The zero-order valence-corrected chi connectivity index (χ0v) is 15.1. The second kappa shape index (κ2) is 7.21. The van der Waals surface area contributed by atoms with Crippen LogP contribution in [0.15, 0.2) is 29.4 Å². The van der Waals surface area contributed by atoms with Gasteiger partial charge in [-0.15, -0.1) is 5.73 Å². The van der Waals surface area contributed by atoms with Crippen molar-refractivity contribution in [2.75, 3.05) is 45.2 Å². The highest BCUT2D eigenvalue weighted by Gasteiger charge is 2.20. The summed E-state index contributed by atoms with van der Waals surface area (Å²) in [7, 11) is 3.86. The van der Waals surface area contributed by atoms with Gasteiger partial charge >= 0.3 is 0 Å². The summed E-state index contributed by atoms with van der Waals surface area (Å²) < 4.78 is 16.2. The topological polar surface area (TPSA) is 36.7 Å². The van der Waals surface area contributed by atoms with Crippen LogP contribution in [0.2, 0.25) is 0 Å². The van der Waals surface area contributed by atoms with Crippen molar-refractivity contribution in [1.29, 1.82) is 0 Å². The van der Waals surface area contributed by atoms with E-state index < -0.39 is 0 Å². The summed E-state index contributed by atoms with van der Waals surface area (Å²) in [5.41, 5.74) is 5.67. The van der Waals surface area contributed by atoms with E-state index in [1.165, 1.54) is 6.07 Å². The maximum atomic E-state index is 14.3. The predicted molar refractivity (Wildman–Crippen MR) is 100 cm³/mol. The maximum Gasteiger partial charge on any atom is 0.176 e.